The third kappa shape index (κ3) is 9.79. The van der Waals surface area contributed by atoms with Gasteiger partial charge in [-0.05, 0) is 38.7 Å². The van der Waals surface area contributed by atoms with Gasteiger partial charge in [0.05, 0.1) is 6.61 Å². The number of nitrogens with two attached hydrogens (primary N) is 1. The average molecular weight is 494 g/mol. The molecular weight excluding hydrogens is 454 g/mol. The molecule has 1 unspecified atom stereocenters. The summed E-state index contributed by atoms with van der Waals surface area (Å²) in [5, 5.41) is 34.7. The van der Waals surface area contributed by atoms with Gasteiger partial charge in [0.2, 0.25) is 11.8 Å². The molecule has 4 amide bonds. The summed E-state index contributed by atoms with van der Waals surface area (Å²) in [7, 11) is 1.00. The van der Waals surface area contributed by atoms with Gasteiger partial charge < -0.3 is 42.1 Å². The molecular formula is C23H39N7O5. The zero-order chi connectivity index (χ0) is 26.4. The highest BCUT2D eigenvalue weighted by Crippen LogP contribution is 2.17. The fraction of sp³-hybridized carbons (Fsp3) is 0.565. The first-order chi connectivity index (χ1) is 16.7. The van der Waals surface area contributed by atoms with Gasteiger partial charge in [-0.25, -0.2) is 4.79 Å². The summed E-state index contributed by atoms with van der Waals surface area (Å²) in [5.74, 6) is -1.10. The lowest BCUT2D eigenvalue weighted by molar-refractivity contribution is -0.130. The maximum absolute atomic E-state index is 12.6. The van der Waals surface area contributed by atoms with Crippen LogP contribution in [-0.2, 0) is 16.0 Å². The van der Waals surface area contributed by atoms with Crippen LogP contribution in [-0.4, -0.2) is 89.9 Å². The summed E-state index contributed by atoms with van der Waals surface area (Å²) >= 11 is 0. The molecule has 1 heterocycles. The number of likely N-dealkylation sites (tertiary alicyclic amines) is 1. The molecule has 196 valence electrons. The summed E-state index contributed by atoms with van der Waals surface area (Å²) in [5.41, 5.74) is 6.66. The molecule has 1 aliphatic rings. The van der Waals surface area contributed by atoms with Gasteiger partial charge in [0.15, 0.2) is 5.96 Å². The van der Waals surface area contributed by atoms with E-state index in [1.165, 1.54) is 6.92 Å². The lowest BCUT2D eigenvalue weighted by Gasteiger charge is -2.40. The van der Waals surface area contributed by atoms with Crippen LogP contribution < -0.4 is 27.0 Å². The predicted octanol–water partition coefficient (Wildman–Crippen LogP) is -1.14. The fourth-order valence-electron chi connectivity index (χ4n) is 3.73. The minimum Gasteiger partial charge on any atom is -0.400 e. The Bertz CT molecular complexity index is 824. The van der Waals surface area contributed by atoms with Crippen molar-refractivity contribution in [3.05, 3.63) is 35.9 Å². The number of aliphatic hydroxyl groups is 2. The van der Waals surface area contributed by atoms with Crippen molar-refractivity contribution in [3.8, 4) is 0 Å². The van der Waals surface area contributed by atoms with Gasteiger partial charge in [0, 0.05) is 32.3 Å². The van der Waals surface area contributed by atoms with Gasteiger partial charge >= 0.3 is 6.03 Å². The number of nitrogens with zero attached hydrogens (tertiary/aromatic N) is 1. The molecule has 1 aromatic rings. The minimum absolute atomic E-state index is 0.0401. The molecule has 9 N–H and O–H groups in total. The van der Waals surface area contributed by atoms with Gasteiger partial charge in [-0.1, -0.05) is 30.3 Å². The topological polar surface area (TPSA) is 193 Å². The number of carbonyl (C=O) groups is 3. The fourth-order valence-corrected chi connectivity index (χ4v) is 3.73. The van der Waals surface area contributed by atoms with Gasteiger partial charge in [0.25, 0.3) is 0 Å². The lowest BCUT2D eigenvalue weighted by atomic mass is 9.97. The Morgan fingerprint density at radius 2 is 1.83 bits per heavy atom. The molecule has 0 aromatic heterocycles. The summed E-state index contributed by atoms with van der Waals surface area (Å²) in [4.78, 5) is 38.9. The standard InChI is InChI=1S/C22H35N7O4.CH4O/c1-14(19(31)27-17-9-6-12-29(15(17)2)21(23)24)26-20(32)18(13-30)28-22(33)25-11-10-16-7-4-3-5-8-16;1-2/h3-5,7-8,14-15,17-18,30H,6,9-13H2,1-2H3,(H3,23,24)(H,26,32)(H,27,31)(H2,25,28,33);2H,1H3/t14-,15?,17-,18+;/m0./s1. The zero-order valence-corrected chi connectivity index (χ0v) is 20.6. The molecule has 1 saturated heterocycles. The molecule has 0 spiro atoms. The first kappa shape index (κ1) is 29.7. The van der Waals surface area contributed by atoms with Crippen LogP contribution in [0.4, 0.5) is 4.79 Å². The summed E-state index contributed by atoms with van der Waals surface area (Å²) in [6.45, 7) is 3.83. The molecule has 0 bridgehead atoms. The smallest absolute Gasteiger partial charge is 0.315 e. The van der Waals surface area contributed by atoms with Crippen molar-refractivity contribution >= 4 is 23.8 Å². The number of rotatable bonds is 9. The van der Waals surface area contributed by atoms with E-state index in [1.54, 1.807) is 4.90 Å². The molecule has 2 rings (SSSR count). The second-order valence-corrected chi connectivity index (χ2v) is 8.18. The Hall–Kier alpha value is -3.38. The molecule has 12 heteroatoms. The van der Waals surface area contributed by atoms with Crippen molar-refractivity contribution in [2.45, 2.75) is 57.3 Å². The van der Waals surface area contributed by atoms with Crippen LogP contribution >= 0.6 is 0 Å². The lowest BCUT2D eigenvalue weighted by Crippen LogP contribution is -2.60. The Morgan fingerprint density at radius 1 is 1.17 bits per heavy atom. The Kier molecular flexibility index (Phi) is 13.1. The largest absolute Gasteiger partial charge is 0.400 e. The first-order valence-corrected chi connectivity index (χ1v) is 11.6. The van der Waals surface area contributed by atoms with E-state index in [-0.39, 0.29) is 18.0 Å². The number of benzene rings is 1. The Balaban J connectivity index is 0.00000298. The van der Waals surface area contributed by atoms with Crippen molar-refractivity contribution in [2.24, 2.45) is 5.73 Å². The summed E-state index contributed by atoms with van der Waals surface area (Å²) < 4.78 is 0. The van der Waals surface area contributed by atoms with Gasteiger partial charge in [-0.2, -0.15) is 0 Å². The number of piperidine rings is 1. The van der Waals surface area contributed by atoms with Crippen molar-refractivity contribution < 1.29 is 24.6 Å². The molecule has 1 aliphatic heterocycles. The number of guanidine groups is 1. The van der Waals surface area contributed by atoms with Crippen LogP contribution in [0.1, 0.15) is 32.3 Å². The van der Waals surface area contributed by atoms with Crippen LogP contribution in [0.25, 0.3) is 0 Å². The van der Waals surface area contributed by atoms with Crippen molar-refractivity contribution in [3.63, 3.8) is 0 Å². The average Bonchev–Trinajstić information content (AvgIpc) is 2.85. The van der Waals surface area contributed by atoms with Crippen LogP contribution in [0.2, 0.25) is 0 Å². The number of carbonyl (C=O) groups excluding carboxylic acids is 3. The third-order valence-electron chi connectivity index (χ3n) is 5.72. The van der Waals surface area contributed by atoms with Crippen molar-refractivity contribution in [2.75, 3.05) is 26.8 Å². The Morgan fingerprint density at radius 3 is 2.43 bits per heavy atom. The van der Waals surface area contributed by atoms with E-state index < -0.39 is 36.5 Å². The summed E-state index contributed by atoms with van der Waals surface area (Å²) in [6.07, 6.45) is 2.15. The molecule has 35 heavy (non-hydrogen) atoms. The molecule has 0 saturated carbocycles. The van der Waals surface area contributed by atoms with Crippen LogP contribution in [0.15, 0.2) is 30.3 Å². The molecule has 1 aromatic carbocycles. The maximum Gasteiger partial charge on any atom is 0.315 e. The number of hydrogen-bond acceptors (Lipinski definition) is 6. The van der Waals surface area contributed by atoms with Gasteiger partial charge in [0.1, 0.15) is 12.1 Å². The monoisotopic (exact) mass is 493 g/mol. The molecule has 12 nitrogen and oxygen atoms in total. The van der Waals surface area contributed by atoms with Crippen LogP contribution in [0, 0.1) is 5.41 Å². The summed E-state index contributed by atoms with van der Waals surface area (Å²) in [6, 6.07) is 6.60. The molecule has 0 radical (unpaired) electrons. The molecule has 1 fully saturated rings. The maximum atomic E-state index is 12.6. The quantitative estimate of drug-likeness (QED) is 0.157. The van der Waals surface area contributed by atoms with Crippen molar-refractivity contribution in [1.82, 2.24) is 26.2 Å². The van der Waals surface area contributed by atoms with Crippen molar-refractivity contribution in [1.29, 1.82) is 5.41 Å². The van der Waals surface area contributed by atoms with E-state index in [4.69, 9.17) is 16.2 Å². The van der Waals surface area contributed by atoms with Gasteiger partial charge in [-0.3, -0.25) is 15.0 Å². The van der Waals surface area contributed by atoms with E-state index in [9.17, 15) is 19.5 Å². The van der Waals surface area contributed by atoms with E-state index in [0.29, 0.717) is 19.5 Å². The van der Waals surface area contributed by atoms with Gasteiger partial charge in [-0.15, -0.1) is 0 Å². The Labute approximate surface area is 206 Å². The minimum atomic E-state index is -1.20. The van der Waals surface area contributed by atoms with E-state index >= 15 is 0 Å². The van der Waals surface area contributed by atoms with E-state index in [0.717, 1.165) is 25.5 Å². The van der Waals surface area contributed by atoms with Crippen LogP contribution in [0.3, 0.4) is 0 Å². The number of urea groups is 1. The van der Waals surface area contributed by atoms with E-state index in [1.807, 2.05) is 37.3 Å². The number of aliphatic hydroxyl groups excluding tert-OH is 2. The van der Waals surface area contributed by atoms with E-state index in [2.05, 4.69) is 21.3 Å². The highest BCUT2D eigenvalue weighted by molar-refractivity contribution is 5.91. The second-order valence-electron chi connectivity index (χ2n) is 8.18. The normalized spacial score (nSPS) is 18.7. The third-order valence-corrected chi connectivity index (χ3v) is 5.72. The molecule has 0 aliphatic carbocycles. The first-order valence-electron chi connectivity index (χ1n) is 11.6. The highest BCUT2D eigenvalue weighted by atomic mass is 16.3. The second kappa shape index (κ2) is 15.5. The van der Waals surface area contributed by atoms with Crippen LogP contribution in [0.5, 0.6) is 0 Å². The SMILES string of the molecule is CC1[C@@H](NC(=O)[C@H](C)NC(=O)[C@@H](CO)NC(=O)NCCc2ccccc2)CCCN1C(=N)N.CO. The molecule has 4 atom stereocenters. The predicted molar refractivity (Wildman–Crippen MR) is 133 cm³/mol. The zero-order valence-electron chi connectivity index (χ0n) is 20.6. The highest BCUT2D eigenvalue weighted by Gasteiger charge is 2.31. The number of nitrogens with one attached hydrogen (secondary N) is 5. The number of hydrogen-bond donors (Lipinski definition) is 8. The number of amides is 4.